The smallest absolute Gasteiger partial charge is 0.337 e. The number of nitrogens with zero attached hydrogens (tertiary/aromatic N) is 2. The third-order valence-corrected chi connectivity index (χ3v) is 2.85. The van der Waals surface area contributed by atoms with Crippen molar-refractivity contribution in [3.8, 4) is 10.4 Å². The van der Waals surface area contributed by atoms with Gasteiger partial charge in [0.25, 0.3) is 0 Å². The van der Waals surface area contributed by atoms with Crippen LogP contribution in [-0.4, -0.2) is 21.0 Å². The SMILES string of the molecule is Cc1ncc(-c2cncc(C(=O)O)c2)s1. The van der Waals surface area contributed by atoms with E-state index in [1.54, 1.807) is 18.5 Å². The molecule has 0 unspecified atom stereocenters. The molecular weight excluding hydrogens is 212 g/mol. The molecule has 0 saturated heterocycles. The lowest BCUT2D eigenvalue weighted by molar-refractivity contribution is 0.0696. The molecule has 5 heteroatoms. The Morgan fingerprint density at radius 1 is 1.40 bits per heavy atom. The van der Waals surface area contributed by atoms with Crippen molar-refractivity contribution in [3.05, 3.63) is 35.2 Å². The van der Waals surface area contributed by atoms with Gasteiger partial charge in [0.2, 0.25) is 0 Å². The molecule has 0 fully saturated rings. The molecule has 76 valence electrons. The van der Waals surface area contributed by atoms with Crippen LogP contribution in [0, 0.1) is 6.92 Å². The van der Waals surface area contributed by atoms with Crippen molar-refractivity contribution in [3.63, 3.8) is 0 Å². The van der Waals surface area contributed by atoms with E-state index in [1.165, 1.54) is 17.5 Å². The van der Waals surface area contributed by atoms with E-state index in [1.807, 2.05) is 6.92 Å². The van der Waals surface area contributed by atoms with Crippen LogP contribution in [0.15, 0.2) is 24.7 Å². The van der Waals surface area contributed by atoms with Crippen LogP contribution in [0.25, 0.3) is 10.4 Å². The van der Waals surface area contributed by atoms with Crippen molar-refractivity contribution >= 4 is 17.3 Å². The zero-order chi connectivity index (χ0) is 10.8. The van der Waals surface area contributed by atoms with E-state index < -0.39 is 5.97 Å². The number of aryl methyl sites for hydroxylation is 1. The Hall–Kier alpha value is -1.75. The van der Waals surface area contributed by atoms with E-state index in [0.717, 1.165) is 15.4 Å². The Morgan fingerprint density at radius 2 is 2.20 bits per heavy atom. The van der Waals surface area contributed by atoms with Crippen molar-refractivity contribution in [1.29, 1.82) is 0 Å². The molecule has 0 amide bonds. The minimum atomic E-state index is -0.967. The molecule has 2 heterocycles. The summed E-state index contributed by atoms with van der Waals surface area (Å²) < 4.78 is 0. The zero-order valence-corrected chi connectivity index (χ0v) is 8.78. The van der Waals surface area contributed by atoms with E-state index in [-0.39, 0.29) is 5.56 Å². The van der Waals surface area contributed by atoms with Crippen molar-refractivity contribution in [2.45, 2.75) is 6.92 Å². The highest BCUT2D eigenvalue weighted by atomic mass is 32.1. The summed E-state index contributed by atoms with van der Waals surface area (Å²) in [6, 6.07) is 1.60. The highest BCUT2D eigenvalue weighted by molar-refractivity contribution is 7.15. The van der Waals surface area contributed by atoms with E-state index in [4.69, 9.17) is 5.11 Å². The Morgan fingerprint density at radius 3 is 2.80 bits per heavy atom. The standard InChI is InChI=1S/C10H8N2O2S/c1-6-12-5-9(15-6)7-2-8(10(13)14)4-11-3-7/h2-5H,1H3,(H,13,14). The summed E-state index contributed by atoms with van der Waals surface area (Å²) >= 11 is 1.52. The third-order valence-electron chi connectivity index (χ3n) is 1.89. The number of aromatic carboxylic acids is 1. The van der Waals surface area contributed by atoms with Gasteiger partial charge in [-0.25, -0.2) is 9.78 Å². The number of thiazole rings is 1. The second-order valence-electron chi connectivity index (χ2n) is 3.01. The summed E-state index contributed by atoms with van der Waals surface area (Å²) in [6.07, 6.45) is 4.70. The van der Waals surface area contributed by atoms with Gasteiger partial charge in [-0.05, 0) is 13.0 Å². The number of rotatable bonds is 2. The molecule has 15 heavy (non-hydrogen) atoms. The molecule has 0 bridgehead atoms. The minimum Gasteiger partial charge on any atom is -0.478 e. The van der Waals surface area contributed by atoms with E-state index in [9.17, 15) is 4.79 Å². The van der Waals surface area contributed by atoms with Crippen LogP contribution in [-0.2, 0) is 0 Å². The zero-order valence-electron chi connectivity index (χ0n) is 7.97. The summed E-state index contributed by atoms with van der Waals surface area (Å²) in [6.45, 7) is 1.91. The molecule has 0 aliphatic rings. The summed E-state index contributed by atoms with van der Waals surface area (Å²) in [7, 11) is 0. The molecule has 1 N–H and O–H groups in total. The molecule has 4 nitrogen and oxygen atoms in total. The van der Waals surface area contributed by atoms with Crippen LogP contribution < -0.4 is 0 Å². The van der Waals surface area contributed by atoms with Crippen molar-refractivity contribution in [2.75, 3.05) is 0 Å². The fourth-order valence-electron chi connectivity index (χ4n) is 1.19. The second-order valence-corrected chi connectivity index (χ2v) is 4.25. The molecule has 0 spiro atoms. The quantitative estimate of drug-likeness (QED) is 0.842. The second kappa shape index (κ2) is 3.78. The first-order valence-corrected chi connectivity index (χ1v) is 5.09. The highest BCUT2D eigenvalue weighted by Crippen LogP contribution is 2.25. The first kappa shape index (κ1) is 9.79. The normalized spacial score (nSPS) is 10.2. The van der Waals surface area contributed by atoms with E-state index in [0.29, 0.717) is 0 Å². The lowest BCUT2D eigenvalue weighted by Gasteiger charge is -1.97. The molecule has 0 atom stereocenters. The highest BCUT2D eigenvalue weighted by Gasteiger charge is 2.07. The topological polar surface area (TPSA) is 63.1 Å². The molecule has 0 aliphatic heterocycles. The van der Waals surface area contributed by atoms with Crippen molar-refractivity contribution < 1.29 is 9.90 Å². The lowest BCUT2D eigenvalue weighted by atomic mass is 10.2. The summed E-state index contributed by atoms with van der Waals surface area (Å²) in [5, 5.41) is 9.76. The molecule has 0 aromatic carbocycles. The summed E-state index contributed by atoms with van der Waals surface area (Å²) in [5.74, 6) is -0.967. The molecule has 0 aliphatic carbocycles. The minimum absolute atomic E-state index is 0.193. The van der Waals surface area contributed by atoms with Crippen LogP contribution in [0.4, 0.5) is 0 Å². The molecule has 0 radical (unpaired) electrons. The predicted octanol–water partition coefficient (Wildman–Crippen LogP) is 2.21. The maximum Gasteiger partial charge on any atom is 0.337 e. The largest absolute Gasteiger partial charge is 0.478 e. The fraction of sp³-hybridized carbons (Fsp3) is 0.100. The van der Waals surface area contributed by atoms with Gasteiger partial charge in [0.1, 0.15) is 0 Å². The van der Waals surface area contributed by atoms with Gasteiger partial charge in [-0.1, -0.05) is 0 Å². The maximum atomic E-state index is 10.7. The Kier molecular flexibility index (Phi) is 2.47. The maximum absolute atomic E-state index is 10.7. The van der Waals surface area contributed by atoms with Gasteiger partial charge in [-0.2, -0.15) is 0 Å². The number of hydrogen-bond donors (Lipinski definition) is 1. The Balaban J connectivity index is 2.45. The first-order valence-electron chi connectivity index (χ1n) is 4.28. The van der Waals surface area contributed by atoms with Crippen LogP contribution >= 0.6 is 11.3 Å². The van der Waals surface area contributed by atoms with Crippen LogP contribution in [0.3, 0.4) is 0 Å². The molecule has 2 aromatic heterocycles. The van der Waals surface area contributed by atoms with Gasteiger partial charge in [0, 0.05) is 24.2 Å². The lowest BCUT2D eigenvalue weighted by Crippen LogP contribution is -1.96. The third kappa shape index (κ3) is 2.02. The van der Waals surface area contributed by atoms with E-state index >= 15 is 0 Å². The first-order chi connectivity index (χ1) is 7.16. The van der Waals surface area contributed by atoms with Gasteiger partial charge in [-0.3, -0.25) is 4.98 Å². The number of carboxylic acids is 1. The van der Waals surface area contributed by atoms with Crippen molar-refractivity contribution in [1.82, 2.24) is 9.97 Å². The van der Waals surface area contributed by atoms with Crippen molar-refractivity contribution in [2.24, 2.45) is 0 Å². The number of aromatic nitrogens is 2. The summed E-state index contributed by atoms with van der Waals surface area (Å²) in [4.78, 5) is 19.7. The van der Waals surface area contributed by atoms with Gasteiger partial charge in [-0.15, -0.1) is 11.3 Å². The van der Waals surface area contributed by atoms with Gasteiger partial charge < -0.3 is 5.11 Å². The van der Waals surface area contributed by atoms with Crippen LogP contribution in [0.5, 0.6) is 0 Å². The number of hydrogen-bond acceptors (Lipinski definition) is 4. The Bertz CT molecular complexity index is 508. The molecule has 0 saturated carbocycles. The van der Waals surface area contributed by atoms with Crippen LogP contribution in [0.1, 0.15) is 15.4 Å². The molecular formula is C10H8N2O2S. The fourth-order valence-corrected chi connectivity index (χ4v) is 1.95. The van der Waals surface area contributed by atoms with Gasteiger partial charge >= 0.3 is 5.97 Å². The number of carboxylic acid groups (broad SMARTS) is 1. The number of carbonyl (C=O) groups is 1. The monoisotopic (exact) mass is 220 g/mol. The average Bonchev–Trinajstić information content (AvgIpc) is 2.65. The average molecular weight is 220 g/mol. The molecule has 2 aromatic rings. The van der Waals surface area contributed by atoms with Gasteiger partial charge in [0.05, 0.1) is 15.4 Å². The van der Waals surface area contributed by atoms with Gasteiger partial charge in [0.15, 0.2) is 0 Å². The Labute approximate surface area is 90.3 Å². The van der Waals surface area contributed by atoms with Crippen LogP contribution in [0.2, 0.25) is 0 Å². The summed E-state index contributed by atoms with van der Waals surface area (Å²) in [5.41, 5.74) is 0.985. The molecule has 2 rings (SSSR count). The van der Waals surface area contributed by atoms with E-state index in [2.05, 4.69) is 9.97 Å². The number of pyridine rings is 1. The predicted molar refractivity (Wildman–Crippen MR) is 57.0 cm³/mol.